The van der Waals surface area contributed by atoms with E-state index in [-0.39, 0.29) is 40.9 Å². The monoisotopic (exact) mass is 536 g/mol. The number of hydrogen-bond acceptors (Lipinski definition) is 6. The number of imide groups is 1. The number of piperidine rings is 1. The van der Waals surface area contributed by atoms with Gasteiger partial charge in [-0.1, -0.05) is 65.7 Å². The second-order valence-electron chi connectivity index (χ2n) is 11.0. The minimum absolute atomic E-state index is 0.0225. The third kappa shape index (κ3) is 4.06. The molecule has 40 heavy (non-hydrogen) atoms. The Morgan fingerprint density at radius 2 is 1.27 bits per heavy atom. The summed E-state index contributed by atoms with van der Waals surface area (Å²) in [7, 11) is 0. The summed E-state index contributed by atoms with van der Waals surface area (Å²) in [6.45, 7) is 1.43. The van der Waals surface area contributed by atoms with Crippen LogP contribution in [0, 0.1) is 17.8 Å². The SMILES string of the molecule is O=C(ON1C(=O)c2ccccc2C1=O)[C@@H]1C[C@H]1C1CCN(C(=O)OCC2c3ccccc3-c3ccccc32)CC1. The number of hydroxylamine groups is 2. The van der Waals surface area contributed by atoms with Crippen molar-refractivity contribution in [3.05, 3.63) is 95.1 Å². The standard InChI is InChI=1S/C32H28N2O6/c35-29-24-11-5-6-12-25(24)30(36)34(29)40-31(37)27-17-26(27)19-13-15-33(16-14-19)32(38)39-18-28-22-9-3-1-7-20(22)21-8-2-4-10-23(21)28/h1-12,19,26-28H,13-18H2/t26-,27+/m0/s1. The van der Waals surface area contributed by atoms with Gasteiger partial charge >= 0.3 is 12.1 Å². The van der Waals surface area contributed by atoms with Crippen LogP contribution in [-0.2, 0) is 14.4 Å². The van der Waals surface area contributed by atoms with Crippen LogP contribution in [0.5, 0.6) is 0 Å². The number of likely N-dealkylation sites (tertiary alicyclic amines) is 1. The Balaban J connectivity index is 0.905. The lowest BCUT2D eigenvalue weighted by molar-refractivity contribution is -0.170. The summed E-state index contributed by atoms with van der Waals surface area (Å²) in [4.78, 5) is 57.7. The molecule has 0 spiro atoms. The van der Waals surface area contributed by atoms with Crippen molar-refractivity contribution in [2.45, 2.75) is 25.2 Å². The predicted octanol–water partition coefficient (Wildman–Crippen LogP) is 5.04. The number of fused-ring (bicyclic) bond motifs is 4. The summed E-state index contributed by atoms with van der Waals surface area (Å²) in [6.07, 6.45) is 1.90. The van der Waals surface area contributed by atoms with E-state index in [0.29, 0.717) is 31.2 Å². The van der Waals surface area contributed by atoms with Crippen molar-refractivity contribution >= 4 is 23.9 Å². The van der Waals surface area contributed by atoms with Crippen LogP contribution < -0.4 is 0 Å². The van der Waals surface area contributed by atoms with E-state index in [4.69, 9.17) is 9.57 Å². The first-order chi connectivity index (χ1) is 19.5. The summed E-state index contributed by atoms with van der Waals surface area (Å²) in [5.74, 6) is -1.67. The van der Waals surface area contributed by atoms with Crippen molar-refractivity contribution in [1.29, 1.82) is 0 Å². The molecule has 1 saturated carbocycles. The zero-order valence-electron chi connectivity index (χ0n) is 21.8. The Hall–Kier alpha value is -4.46. The van der Waals surface area contributed by atoms with Crippen LogP contribution in [0.3, 0.4) is 0 Å². The number of carbonyl (C=O) groups is 4. The van der Waals surface area contributed by atoms with Gasteiger partial charge in [-0.25, -0.2) is 9.59 Å². The van der Waals surface area contributed by atoms with Gasteiger partial charge in [0, 0.05) is 19.0 Å². The molecule has 1 saturated heterocycles. The summed E-state index contributed by atoms with van der Waals surface area (Å²) in [6, 6.07) is 23.0. The van der Waals surface area contributed by atoms with Gasteiger partial charge in [0.1, 0.15) is 6.61 Å². The Morgan fingerprint density at radius 1 is 0.750 bits per heavy atom. The van der Waals surface area contributed by atoms with Crippen molar-refractivity contribution in [2.75, 3.05) is 19.7 Å². The number of nitrogens with zero attached hydrogens (tertiary/aromatic N) is 2. The van der Waals surface area contributed by atoms with Gasteiger partial charge in [-0.05, 0) is 65.5 Å². The number of carbonyl (C=O) groups excluding carboxylic acids is 4. The van der Waals surface area contributed by atoms with Crippen LogP contribution in [0.1, 0.15) is 57.0 Å². The van der Waals surface area contributed by atoms with Gasteiger partial charge < -0.3 is 14.5 Å². The maximum Gasteiger partial charge on any atom is 0.409 e. The highest BCUT2D eigenvalue weighted by Gasteiger charge is 2.51. The number of benzene rings is 3. The van der Waals surface area contributed by atoms with Gasteiger partial charge in [0.25, 0.3) is 11.8 Å². The van der Waals surface area contributed by atoms with Crippen LogP contribution in [0.2, 0.25) is 0 Å². The molecule has 2 aliphatic heterocycles. The average molecular weight is 537 g/mol. The van der Waals surface area contributed by atoms with E-state index in [1.807, 2.05) is 24.3 Å². The second-order valence-corrected chi connectivity index (χ2v) is 11.0. The lowest BCUT2D eigenvalue weighted by atomic mass is 9.91. The molecule has 202 valence electrons. The highest BCUT2D eigenvalue weighted by atomic mass is 16.7. The number of ether oxygens (including phenoxy) is 1. The summed E-state index contributed by atoms with van der Waals surface area (Å²) < 4.78 is 5.81. The van der Waals surface area contributed by atoms with E-state index in [1.54, 1.807) is 29.2 Å². The molecule has 8 heteroatoms. The van der Waals surface area contributed by atoms with Crippen LogP contribution >= 0.6 is 0 Å². The highest BCUT2D eigenvalue weighted by Crippen LogP contribution is 2.49. The zero-order chi connectivity index (χ0) is 27.4. The quantitative estimate of drug-likeness (QED) is 0.425. The van der Waals surface area contributed by atoms with Crippen molar-refractivity contribution in [3.8, 4) is 11.1 Å². The molecule has 3 aromatic rings. The molecule has 8 nitrogen and oxygen atoms in total. The van der Waals surface area contributed by atoms with E-state index in [2.05, 4.69) is 24.3 Å². The van der Waals surface area contributed by atoms with Gasteiger partial charge in [0.05, 0.1) is 17.0 Å². The normalized spacial score (nSPS) is 21.6. The molecule has 2 heterocycles. The minimum Gasteiger partial charge on any atom is -0.448 e. The van der Waals surface area contributed by atoms with Crippen LogP contribution in [0.15, 0.2) is 72.8 Å². The lowest BCUT2D eigenvalue weighted by Crippen LogP contribution is -2.40. The second kappa shape index (κ2) is 9.62. The number of amides is 3. The van der Waals surface area contributed by atoms with Crippen LogP contribution in [-0.4, -0.2) is 53.5 Å². The Morgan fingerprint density at radius 3 is 1.85 bits per heavy atom. The maximum absolute atomic E-state index is 13.0. The molecular weight excluding hydrogens is 508 g/mol. The van der Waals surface area contributed by atoms with Crippen molar-refractivity contribution in [1.82, 2.24) is 9.96 Å². The summed E-state index contributed by atoms with van der Waals surface area (Å²) >= 11 is 0. The first-order valence-electron chi connectivity index (χ1n) is 13.8. The molecule has 0 bridgehead atoms. The number of rotatable bonds is 5. The van der Waals surface area contributed by atoms with Crippen molar-refractivity contribution in [3.63, 3.8) is 0 Å². The topological polar surface area (TPSA) is 93.2 Å². The molecule has 0 aromatic heterocycles. The molecule has 2 atom stereocenters. The molecule has 2 fully saturated rings. The molecule has 4 aliphatic rings. The fraction of sp³-hybridized carbons (Fsp3) is 0.312. The van der Waals surface area contributed by atoms with E-state index >= 15 is 0 Å². The zero-order valence-corrected chi connectivity index (χ0v) is 21.8. The lowest BCUT2D eigenvalue weighted by Gasteiger charge is -2.32. The fourth-order valence-corrected chi connectivity index (χ4v) is 6.61. The summed E-state index contributed by atoms with van der Waals surface area (Å²) in [5.41, 5.74) is 5.24. The van der Waals surface area contributed by atoms with E-state index in [1.165, 1.54) is 22.3 Å². The maximum atomic E-state index is 13.0. The van der Waals surface area contributed by atoms with Crippen LogP contribution in [0.4, 0.5) is 4.79 Å². The van der Waals surface area contributed by atoms with Crippen molar-refractivity contribution < 1.29 is 28.8 Å². The molecule has 2 aliphatic carbocycles. The molecule has 0 N–H and O–H groups in total. The first-order valence-corrected chi connectivity index (χ1v) is 13.8. The fourth-order valence-electron chi connectivity index (χ4n) is 6.61. The third-order valence-electron chi connectivity index (χ3n) is 8.82. The van der Waals surface area contributed by atoms with Crippen molar-refractivity contribution in [2.24, 2.45) is 17.8 Å². The Kier molecular flexibility index (Phi) is 5.91. The van der Waals surface area contributed by atoms with Gasteiger partial charge in [0.15, 0.2) is 0 Å². The van der Waals surface area contributed by atoms with Crippen LogP contribution in [0.25, 0.3) is 11.1 Å². The summed E-state index contributed by atoms with van der Waals surface area (Å²) in [5, 5.41) is 0.585. The van der Waals surface area contributed by atoms with Gasteiger partial charge in [0.2, 0.25) is 0 Å². The third-order valence-corrected chi connectivity index (χ3v) is 8.82. The first kappa shape index (κ1) is 24.6. The van der Waals surface area contributed by atoms with Gasteiger partial charge in [-0.2, -0.15) is 0 Å². The number of hydrogen-bond donors (Lipinski definition) is 0. The predicted molar refractivity (Wildman–Crippen MR) is 144 cm³/mol. The Labute approximate surface area is 231 Å². The average Bonchev–Trinajstić information content (AvgIpc) is 3.69. The molecule has 0 unspecified atom stereocenters. The molecular formula is C32H28N2O6. The van der Waals surface area contributed by atoms with E-state index in [0.717, 1.165) is 12.8 Å². The minimum atomic E-state index is -0.609. The van der Waals surface area contributed by atoms with Gasteiger partial charge in [-0.3, -0.25) is 9.59 Å². The van der Waals surface area contributed by atoms with Gasteiger partial charge in [-0.15, -0.1) is 0 Å². The molecule has 3 aromatic carbocycles. The molecule has 3 amide bonds. The largest absolute Gasteiger partial charge is 0.448 e. The smallest absolute Gasteiger partial charge is 0.409 e. The highest BCUT2D eigenvalue weighted by molar-refractivity contribution is 6.20. The molecule has 7 rings (SSSR count). The Bertz CT molecular complexity index is 1460. The van der Waals surface area contributed by atoms with E-state index < -0.39 is 17.8 Å². The molecule has 0 radical (unpaired) electrons. The van der Waals surface area contributed by atoms with E-state index in [9.17, 15) is 19.2 Å².